The Kier molecular flexibility index (Phi) is 2.44. The minimum Gasteiger partial charge on any atom is -0.205 e. The van der Waals surface area contributed by atoms with E-state index in [4.69, 9.17) is 0 Å². The third-order valence-electron chi connectivity index (χ3n) is 3.69. The van der Waals surface area contributed by atoms with Crippen LogP contribution < -0.4 is 0 Å². The van der Waals surface area contributed by atoms with Crippen molar-refractivity contribution in [2.45, 2.75) is 13.8 Å². The molecular formula is C16H10F2S2. The van der Waals surface area contributed by atoms with Crippen LogP contribution >= 0.6 is 22.7 Å². The molecule has 4 rings (SSSR count). The fraction of sp³-hybridized carbons (Fsp3) is 0.125. The van der Waals surface area contributed by atoms with Crippen LogP contribution in [-0.2, 0) is 0 Å². The molecule has 0 nitrogen and oxygen atoms in total. The summed E-state index contributed by atoms with van der Waals surface area (Å²) in [6.07, 6.45) is 0. The molecule has 20 heavy (non-hydrogen) atoms. The molecule has 0 amide bonds. The molecule has 0 aliphatic heterocycles. The van der Waals surface area contributed by atoms with Crippen LogP contribution in [0.4, 0.5) is 8.78 Å². The number of hydrogen-bond acceptors (Lipinski definition) is 2. The molecule has 2 aromatic carbocycles. The van der Waals surface area contributed by atoms with E-state index in [9.17, 15) is 8.78 Å². The first kappa shape index (κ1) is 12.2. The van der Waals surface area contributed by atoms with Gasteiger partial charge in [-0.1, -0.05) is 24.3 Å². The lowest BCUT2D eigenvalue weighted by molar-refractivity contribution is 0.629. The van der Waals surface area contributed by atoms with E-state index in [1.165, 1.54) is 22.7 Å². The largest absolute Gasteiger partial charge is 0.205 e. The second kappa shape index (κ2) is 3.99. The van der Waals surface area contributed by atoms with Gasteiger partial charge in [0.2, 0.25) is 0 Å². The molecule has 0 aliphatic carbocycles. The van der Waals surface area contributed by atoms with Crippen LogP contribution in [0.3, 0.4) is 0 Å². The Morgan fingerprint density at radius 1 is 0.750 bits per heavy atom. The van der Waals surface area contributed by atoms with Crippen molar-refractivity contribution in [3.63, 3.8) is 0 Å². The smallest absolute Gasteiger partial charge is 0.145 e. The van der Waals surface area contributed by atoms with Gasteiger partial charge in [0.05, 0.1) is 0 Å². The summed E-state index contributed by atoms with van der Waals surface area (Å²) in [5, 5.41) is 2.91. The first-order valence-electron chi connectivity index (χ1n) is 6.27. The molecule has 4 heteroatoms. The quantitative estimate of drug-likeness (QED) is 0.365. The lowest BCUT2D eigenvalue weighted by atomic mass is 10.0. The Bertz CT molecular complexity index is 911. The summed E-state index contributed by atoms with van der Waals surface area (Å²) in [5.74, 6) is -0.560. The monoisotopic (exact) mass is 304 g/mol. The van der Waals surface area contributed by atoms with Crippen LogP contribution in [0, 0.1) is 25.5 Å². The van der Waals surface area contributed by atoms with E-state index in [-0.39, 0.29) is 11.6 Å². The van der Waals surface area contributed by atoms with E-state index in [1.54, 1.807) is 13.8 Å². The molecule has 0 fully saturated rings. The highest BCUT2D eigenvalue weighted by atomic mass is 32.1. The van der Waals surface area contributed by atoms with Gasteiger partial charge in [0, 0.05) is 40.7 Å². The Hall–Kier alpha value is -1.52. The van der Waals surface area contributed by atoms with Gasteiger partial charge in [-0.05, 0) is 13.8 Å². The molecule has 4 aromatic rings. The van der Waals surface area contributed by atoms with Gasteiger partial charge in [0.25, 0.3) is 0 Å². The van der Waals surface area contributed by atoms with Crippen LogP contribution in [0.15, 0.2) is 24.3 Å². The topological polar surface area (TPSA) is 0 Å². The molecule has 0 spiro atoms. The number of fused-ring (bicyclic) bond motifs is 6. The molecular weight excluding hydrogens is 294 g/mol. The molecule has 100 valence electrons. The van der Waals surface area contributed by atoms with E-state index in [0.29, 0.717) is 20.5 Å². The first-order chi connectivity index (χ1) is 9.59. The van der Waals surface area contributed by atoms with Gasteiger partial charge >= 0.3 is 0 Å². The fourth-order valence-corrected chi connectivity index (χ4v) is 4.91. The van der Waals surface area contributed by atoms with Gasteiger partial charge in [-0.2, -0.15) is 0 Å². The van der Waals surface area contributed by atoms with Crippen LogP contribution in [-0.4, -0.2) is 0 Å². The van der Waals surface area contributed by atoms with Crippen LogP contribution in [0.5, 0.6) is 0 Å². The summed E-state index contributed by atoms with van der Waals surface area (Å²) in [6.45, 7) is 3.50. The van der Waals surface area contributed by atoms with E-state index < -0.39 is 0 Å². The average Bonchev–Trinajstić information content (AvgIpc) is 2.90. The Labute approximate surface area is 122 Å². The zero-order valence-corrected chi connectivity index (χ0v) is 12.5. The van der Waals surface area contributed by atoms with Gasteiger partial charge in [0.15, 0.2) is 0 Å². The van der Waals surface area contributed by atoms with E-state index in [0.717, 1.165) is 20.2 Å². The lowest BCUT2D eigenvalue weighted by Crippen LogP contribution is -1.80. The van der Waals surface area contributed by atoms with E-state index in [2.05, 4.69) is 0 Å². The maximum absolute atomic E-state index is 14.5. The second-order valence-electron chi connectivity index (χ2n) is 4.90. The summed E-state index contributed by atoms with van der Waals surface area (Å²) in [5.41, 5.74) is 0. The van der Waals surface area contributed by atoms with Crippen LogP contribution in [0.2, 0.25) is 0 Å². The Morgan fingerprint density at radius 3 is 1.55 bits per heavy atom. The maximum atomic E-state index is 14.5. The SMILES string of the molecule is Cc1sc2c3ccccc3c3sc(C)c(F)c3c2c1F. The number of rotatable bonds is 0. The third kappa shape index (κ3) is 1.38. The van der Waals surface area contributed by atoms with Gasteiger partial charge < -0.3 is 0 Å². The summed E-state index contributed by atoms with van der Waals surface area (Å²) >= 11 is 2.81. The minimum absolute atomic E-state index is 0.280. The molecule has 0 aliphatic rings. The van der Waals surface area contributed by atoms with Crippen molar-refractivity contribution in [1.29, 1.82) is 0 Å². The minimum atomic E-state index is -0.280. The summed E-state index contributed by atoms with van der Waals surface area (Å²) in [4.78, 5) is 1.22. The second-order valence-corrected chi connectivity index (χ2v) is 7.35. The van der Waals surface area contributed by atoms with Crippen molar-refractivity contribution < 1.29 is 8.78 Å². The predicted molar refractivity (Wildman–Crippen MR) is 84.1 cm³/mol. The highest BCUT2D eigenvalue weighted by molar-refractivity contribution is 7.22. The van der Waals surface area contributed by atoms with Crippen molar-refractivity contribution in [3.05, 3.63) is 45.7 Å². The highest BCUT2D eigenvalue weighted by Crippen LogP contribution is 2.45. The molecule has 0 saturated carbocycles. The first-order valence-corrected chi connectivity index (χ1v) is 7.90. The molecule has 0 unspecified atom stereocenters. The molecule has 2 heterocycles. The van der Waals surface area contributed by atoms with Gasteiger partial charge in [-0.15, -0.1) is 22.7 Å². The number of aryl methyl sites for hydroxylation is 2. The maximum Gasteiger partial charge on any atom is 0.145 e. The fourth-order valence-electron chi connectivity index (χ4n) is 2.75. The van der Waals surface area contributed by atoms with Crippen LogP contribution in [0.25, 0.3) is 30.9 Å². The van der Waals surface area contributed by atoms with Gasteiger partial charge in [-0.3, -0.25) is 0 Å². The summed E-state index contributed by atoms with van der Waals surface area (Å²) in [7, 11) is 0. The van der Waals surface area contributed by atoms with Crippen LogP contribution in [0.1, 0.15) is 9.75 Å². The molecule has 2 aromatic heterocycles. The highest BCUT2D eigenvalue weighted by Gasteiger charge is 2.21. The normalized spacial score (nSPS) is 12.0. The Balaban J connectivity index is 2.48. The molecule has 0 N–H and O–H groups in total. The van der Waals surface area contributed by atoms with Crippen molar-refractivity contribution in [2.75, 3.05) is 0 Å². The van der Waals surface area contributed by atoms with Crippen molar-refractivity contribution in [3.8, 4) is 0 Å². The van der Waals surface area contributed by atoms with E-state index >= 15 is 0 Å². The summed E-state index contributed by atoms with van der Waals surface area (Å²) in [6, 6.07) is 7.85. The predicted octanol–water partition coefficient (Wildman–Crippen LogP) is 6.16. The molecule has 0 bridgehead atoms. The molecule has 0 radical (unpaired) electrons. The lowest BCUT2D eigenvalue weighted by Gasteiger charge is -2.02. The number of halogens is 2. The zero-order chi connectivity index (χ0) is 14.0. The van der Waals surface area contributed by atoms with Gasteiger partial charge in [0.1, 0.15) is 11.6 Å². The Morgan fingerprint density at radius 2 is 1.15 bits per heavy atom. The number of thiophene rings is 2. The standard InChI is InChI=1S/C16H10F2S2/c1-7-13(17)11-12-14(18)8(2)20-16(12)10-6-4-3-5-9(10)15(11)19-7/h3-6H,1-2H3. The third-order valence-corrected chi connectivity index (χ3v) is 5.92. The molecule has 0 saturated heterocycles. The summed E-state index contributed by atoms with van der Waals surface area (Å²) < 4.78 is 30.6. The zero-order valence-electron chi connectivity index (χ0n) is 10.9. The molecule has 0 atom stereocenters. The van der Waals surface area contributed by atoms with Crippen molar-refractivity contribution in [1.82, 2.24) is 0 Å². The van der Waals surface area contributed by atoms with Crippen molar-refractivity contribution in [2.24, 2.45) is 0 Å². The van der Waals surface area contributed by atoms with Crippen molar-refractivity contribution >= 4 is 53.6 Å². The average molecular weight is 304 g/mol. The number of hydrogen-bond donors (Lipinski definition) is 0. The number of benzene rings is 2. The van der Waals surface area contributed by atoms with E-state index in [1.807, 2.05) is 24.3 Å². The van der Waals surface area contributed by atoms with Gasteiger partial charge in [-0.25, -0.2) is 8.78 Å².